The maximum atomic E-state index is 12.7. The zero-order valence-electron chi connectivity index (χ0n) is 24.1. The fourth-order valence-electron chi connectivity index (χ4n) is 3.81. The lowest BCUT2D eigenvalue weighted by Crippen LogP contribution is -2.38. The molecule has 0 spiro atoms. The Kier molecular flexibility index (Phi) is 14.1. The lowest BCUT2D eigenvalue weighted by molar-refractivity contribution is -0.193. The molecule has 1 aliphatic rings. The molecule has 1 fully saturated rings. The molecular formula is C26H35F6N7O5. The second kappa shape index (κ2) is 16.5. The van der Waals surface area contributed by atoms with Crippen LogP contribution >= 0.6 is 0 Å². The molecule has 1 aromatic carbocycles. The van der Waals surface area contributed by atoms with Crippen LogP contribution in [0.2, 0.25) is 0 Å². The van der Waals surface area contributed by atoms with E-state index in [-0.39, 0.29) is 29.8 Å². The zero-order valence-corrected chi connectivity index (χ0v) is 24.1. The highest BCUT2D eigenvalue weighted by Gasteiger charge is 2.39. The summed E-state index contributed by atoms with van der Waals surface area (Å²) in [6.07, 6.45) is -5.22. The number of guanidine groups is 1. The Labute approximate surface area is 248 Å². The van der Waals surface area contributed by atoms with E-state index in [1.54, 1.807) is 0 Å². The number of carboxylic acid groups (broad SMARTS) is 2. The molecule has 1 aromatic heterocycles. The molecule has 0 saturated heterocycles. The molecule has 1 saturated carbocycles. The molecule has 1 aliphatic carbocycles. The standard InChI is InChI=1S/C22H33N7O.2C2HF3O2/c1-13(2)10-11-25-21(30)20-26-16-9-8-14(3)12-15(16)19(29-20)27-17-6-4-5-7-18(17)28-22(23)24;2*3-2(4,5)1(6)7/h8-9,12-13,17-18H,4-7,10-11H2,1-3H3,(H,25,30)(H4,23,24,28)(H,26,27,29);2*(H,6,7). The van der Waals surface area contributed by atoms with E-state index in [0.717, 1.165) is 48.6 Å². The quantitative estimate of drug-likeness (QED) is 0.146. The minimum Gasteiger partial charge on any atom is -0.475 e. The van der Waals surface area contributed by atoms with Gasteiger partial charge in [0.15, 0.2) is 5.96 Å². The summed E-state index contributed by atoms with van der Waals surface area (Å²) in [5.74, 6) is -4.33. The van der Waals surface area contributed by atoms with Gasteiger partial charge >= 0.3 is 24.3 Å². The maximum Gasteiger partial charge on any atom is 0.490 e. The van der Waals surface area contributed by atoms with Crippen molar-refractivity contribution >= 4 is 40.5 Å². The van der Waals surface area contributed by atoms with Crippen molar-refractivity contribution < 1.29 is 50.9 Å². The largest absolute Gasteiger partial charge is 0.490 e. The van der Waals surface area contributed by atoms with Crippen LogP contribution in [0.1, 0.15) is 62.1 Å². The second-order valence-corrected chi connectivity index (χ2v) is 10.1. The molecular weight excluding hydrogens is 604 g/mol. The molecule has 0 radical (unpaired) electrons. The molecule has 246 valence electrons. The minimum atomic E-state index is -5.08. The van der Waals surface area contributed by atoms with E-state index in [9.17, 15) is 31.1 Å². The molecule has 1 amide bonds. The number of anilines is 1. The first-order chi connectivity index (χ1) is 20.2. The Morgan fingerprint density at radius 1 is 1.00 bits per heavy atom. The van der Waals surface area contributed by atoms with E-state index in [1.807, 2.05) is 25.1 Å². The Morgan fingerprint density at radius 3 is 2.05 bits per heavy atom. The molecule has 0 aliphatic heterocycles. The number of rotatable bonds is 7. The van der Waals surface area contributed by atoms with E-state index >= 15 is 0 Å². The van der Waals surface area contributed by atoms with Crippen molar-refractivity contribution in [3.63, 3.8) is 0 Å². The highest BCUT2D eigenvalue weighted by Crippen LogP contribution is 2.28. The number of nitrogens with zero attached hydrogens (tertiary/aromatic N) is 3. The summed E-state index contributed by atoms with van der Waals surface area (Å²) >= 11 is 0. The summed E-state index contributed by atoms with van der Waals surface area (Å²) in [6, 6.07) is 5.99. The Hall–Kier alpha value is -4.38. The van der Waals surface area contributed by atoms with Crippen LogP contribution in [-0.2, 0) is 9.59 Å². The number of hydrogen-bond acceptors (Lipinski definition) is 7. The minimum absolute atomic E-state index is 0.0121. The number of benzene rings is 1. The molecule has 18 heteroatoms. The number of carbonyl (C=O) groups excluding carboxylic acids is 1. The summed E-state index contributed by atoms with van der Waals surface area (Å²) < 4.78 is 63.5. The number of nitrogens with one attached hydrogen (secondary N) is 2. The zero-order chi connectivity index (χ0) is 33.8. The van der Waals surface area contributed by atoms with Gasteiger partial charge < -0.3 is 32.3 Å². The van der Waals surface area contributed by atoms with Gasteiger partial charge in [-0.05, 0) is 44.2 Å². The third kappa shape index (κ3) is 13.3. The van der Waals surface area contributed by atoms with Gasteiger partial charge in [-0.25, -0.2) is 24.5 Å². The van der Waals surface area contributed by atoms with Crippen molar-refractivity contribution in [2.45, 2.75) is 77.3 Å². The van der Waals surface area contributed by atoms with Crippen molar-refractivity contribution in [3.8, 4) is 0 Å². The summed E-state index contributed by atoms with van der Waals surface area (Å²) in [4.78, 5) is 44.0. The topological polar surface area (TPSA) is 206 Å². The molecule has 8 N–H and O–H groups in total. The van der Waals surface area contributed by atoms with Crippen LogP contribution in [-0.4, -0.2) is 75.0 Å². The first-order valence-electron chi connectivity index (χ1n) is 13.2. The van der Waals surface area contributed by atoms with Crippen LogP contribution in [0.4, 0.5) is 32.2 Å². The van der Waals surface area contributed by atoms with Gasteiger partial charge in [0.25, 0.3) is 5.91 Å². The number of hydrogen-bond donors (Lipinski definition) is 6. The number of aliphatic imine (C=N–C) groups is 1. The lowest BCUT2D eigenvalue weighted by Gasteiger charge is -2.30. The first kappa shape index (κ1) is 37.6. The SMILES string of the molecule is Cc1ccc2nc(C(=O)NCCC(C)C)nc(NC3CCCCC3N=C(N)N)c2c1.O=C(O)C(F)(F)F.O=C(O)C(F)(F)F. The van der Waals surface area contributed by atoms with Crippen LogP contribution in [0.25, 0.3) is 10.9 Å². The van der Waals surface area contributed by atoms with Crippen LogP contribution in [0, 0.1) is 12.8 Å². The highest BCUT2D eigenvalue weighted by molar-refractivity contribution is 5.96. The number of carboxylic acids is 2. The van der Waals surface area contributed by atoms with Crippen molar-refractivity contribution in [1.29, 1.82) is 0 Å². The maximum absolute atomic E-state index is 12.7. The third-order valence-corrected chi connectivity index (χ3v) is 5.91. The molecule has 12 nitrogen and oxygen atoms in total. The molecule has 2 unspecified atom stereocenters. The fourth-order valence-corrected chi connectivity index (χ4v) is 3.81. The third-order valence-electron chi connectivity index (χ3n) is 5.91. The average molecular weight is 640 g/mol. The number of aliphatic carboxylic acids is 2. The number of nitrogens with two attached hydrogens (primary N) is 2. The lowest BCUT2D eigenvalue weighted by atomic mass is 9.90. The van der Waals surface area contributed by atoms with E-state index in [4.69, 9.17) is 31.3 Å². The van der Waals surface area contributed by atoms with Gasteiger partial charge in [0.2, 0.25) is 5.82 Å². The van der Waals surface area contributed by atoms with E-state index in [2.05, 4.69) is 39.4 Å². The highest BCUT2D eigenvalue weighted by atomic mass is 19.4. The smallest absolute Gasteiger partial charge is 0.475 e. The van der Waals surface area contributed by atoms with Crippen molar-refractivity contribution in [2.24, 2.45) is 22.4 Å². The molecule has 2 atom stereocenters. The predicted octanol–water partition coefficient (Wildman–Crippen LogP) is 3.98. The van der Waals surface area contributed by atoms with E-state index in [1.165, 1.54) is 0 Å². The van der Waals surface area contributed by atoms with Crippen LogP contribution in [0.3, 0.4) is 0 Å². The van der Waals surface area contributed by atoms with Crippen LogP contribution in [0.15, 0.2) is 23.2 Å². The predicted molar refractivity (Wildman–Crippen MR) is 149 cm³/mol. The summed E-state index contributed by atoms with van der Waals surface area (Å²) in [5.41, 5.74) is 13.1. The van der Waals surface area contributed by atoms with Crippen molar-refractivity contribution in [1.82, 2.24) is 15.3 Å². The number of halogens is 6. The Morgan fingerprint density at radius 2 is 1.55 bits per heavy atom. The molecule has 3 rings (SSSR count). The van der Waals surface area contributed by atoms with E-state index < -0.39 is 24.3 Å². The monoisotopic (exact) mass is 639 g/mol. The van der Waals surface area contributed by atoms with Crippen LogP contribution in [0.5, 0.6) is 0 Å². The second-order valence-electron chi connectivity index (χ2n) is 10.1. The number of amides is 1. The number of alkyl halides is 6. The van der Waals surface area contributed by atoms with Gasteiger partial charge in [0, 0.05) is 11.9 Å². The summed E-state index contributed by atoms with van der Waals surface area (Å²) in [6.45, 7) is 6.88. The normalized spacial score (nSPS) is 16.5. The molecule has 44 heavy (non-hydrogen) atoms. The molecule has 1 heterocycles. The van der Waals surface area contributed by atoms with E-state index in [0.29, 0.717) is 18.3 Å². The number of fused-ring (bicyclic) bond motifs is 1. The number of aryl methyl sites for hydroxylation is 1. The first-order valence-corrected chi connectivity index (χ1v) is 13.2. The van der Waals surface area contributed by atoms with Gasteiger partial charge in [-0.15, -0.1) is 0 Å². The Bertz CT molecular complexity index is 1290. The average Bonchev–Trinajstić information content (AvgIpc) is 2.89. The van der Waals surface area contributed by atoms with Gasteiger partial charge in [-0.3, -0.25) is 4.79 Å². The van der Waals surface area contributed by atoms with Gasteiger partial charge in [0.1, 0.15) is 5.82 Å². The van der Waals surface area contributed by atoms with Gasteiger partial charge in [-0.1, -0.05) is 38.3 Å². The number of aromatic nitrogens is 2. The van der Waals surface area contributed by atoms with Crippen molar-refractivity contribution in [2.75, 3.05) is 11.9 Å². The summed E-state index contributed by atoms with van der Waals surface area (Å²) in [7, 11) is 0. The number of carbonyl (C=O) groups is 3. The van der Waals surface area contributed by atoms with Gasteiger partial charge in [-0.2, -0.15) is 26.3 Å². The summed E-state index contributed by atoms with van der Waals surface area (Å²) in [5, 5.41) is 21.6. The Balaban J connectivity index is 0.000000574. The van der Waals surface area contributed by atoms with Crippen LogP contribution < -0.4 is 22.1 Å². The van der Waals surface area contributed by atoms with Crippen molar-refractivity contribution in [3.05, 3.63) is 29.6 Å². The molecule has 0 bridgehead atoms. The molecule has 2 aromatic rings. The fraction of sp³-hybridized carbons (Fsp3) is 0.538. The van der Waals surface area contributed by atoms with Gasteiger partial charge in [0.05, 0.1) is 17.6 Å².